The van der Waals surface area contributed by atoms with Crippen molar-refractivity contribution in [2.45, 2.75) is 25.8 Å². The molecule has 1 aliphatic heterocycles. The number of anilines is 1. The molecule has 1 aromatic carbocycles. The van der Waals surface area contributed by atoms with E-state index in [9.17, 15) is 0 Å². The second-order valence-electron chi connectivity index (χ2n) is 9.16. The number of fused-ring (bicyclic) bond motifs is 2. The van der Waals surface area contributed by atoms with E-state index in [0.717, 1.165) is 53.9 Å². The quantitative estimate of drug-likeness (QED) is 0.491. The summed E-state index contributed by atoms with van der Waals surface area (Å²) >= 11 is 0. The van der Waals surface area contributed by atoms with Gasteiger partial charge in [-0.1, -0.05) is 12.1 Å². The van der Waals surface area contributed by atoms with Crippen molar-refractivity contribution in [3.05, 3.63) is 73.5 Å². The molecule has 1 saturated carbocycles. The van der Waals surface area contributed by atoms with Crippen molar-refractivity contribution in [2.24, 2.45) is 11.8 Å². The fraction of sp³-hybridized carbons (Fsp3) is 0.308. The molecule has 0 amide bonds. The molecular weight excluding hydrogens is 410 g/mol. The fourth-order valence-electron chi connectivity index (χ4n) is 5.65. The number of likely N-dealkylation sites (tertiary alicyclic amines) is 1. The molecule has 33 heavy (non-hydrogen) atoms. The van der Waals surface area contributed by atoms with E-state index in [1.54, 1.807) is 6.33 Å². The van der Waals surface area contributed by atoms with Crippen molar-refractivity contribution in [3.8, 4) is 16.9 Å². The molecule has 166 valence electrons. The van der Waals surface area contributed by atoms with Gasteiger partial charge in [-0.05, 0) is 49.9 Å². The molecule has 2 N–H and O–H groups in total. The second-order valence-corrected chi connectivity index (χ2v) is 9.16. The Morgan fingerprint density at radius 2 is 1.73 bits per heavy atom. The monoisotopic (exact) mass is 438 g/mol. The zero-order valence-corrected chi connectivity index (χ0v) is 18.7. The Hall–Kier alpha value is -3.74. The Bertz CT molecular complexity index is 1300. The second kappa shape index (κ2) is 7.99. The zero-order valence-electron chi connectivity index (χ0n) is 18.7. The number of aromatic nitrogens is 5. The topological polar surface area (TPSA) is 76.7 Å². The third-order valence-electron chi connectivity index (χ3n) is 7.13. The van der Waals surface area contributed by atoms with Gasteiger partial charge in [0.05, 0.1) is 11.4 Å². The van der Waals surface area contributed by atoms with Crippen LogP contribution >= 0.6 is 0 Å². The van der Waals surface area contributed by atoms with Gasteiger partial charge in [0.15, 0.2) is 18.0 Å². The van der Waals surface area contributed by atoms with E-state index < -0.39 is 0 Å². The molecule has 4 aromatic rings. The Kier molecular flexibility index (Phi) is 4.82. The Morgan fingerprint density at radius 3 is 2.42 bits per heavy atom. The van der Waals surface area contributed by atoms with Crippen LogP contribution in [0.3, 0.4) is 0 Å². The number of rotatable bonds is 4. The molecule has 7 nitrogen and oxygen atoms in total. The lowest BCUT2D eigenvalue weighted by molar-refractivity contribution is -0.595. The number of nitrogen functional groups attached to an aromatic ring is 1. The van der Waals surface area contributed by atoms with Crippen molar-refractivity contribution < 1.29 is 4.57 Å². The predicted molar refractivity (Wildman–Crippen MR) is 128 cm³/mol. The molecular formula is C26H28N7+. The third kappa shape index (κ3) is 3.44. The van der Waals surface area contributed by atoms with Crippen LogP contribution < -0.4 is 10.3 Å². The minimum atomic E-state index is 0.345. The standard InChI is InChI=1S/C26H28N7/c1-2-10-31-15-19-13-22(14-20(19)16-31)33-26-23(25(27)28-17-29-26)24(30-33)18-6-8-21(9-7-18)32-11-4-3-5-12-32/h2-12,17,19-20,22H,13-16H2,1H3,(H2,27,28,29)/q+1. The van der Waals surface area contributed by atoms with Gasteiger partial charge in [0, 0.05) is 42.9 Å². The van der Waals surface area contributed by atoms with E-state index in [0.29, 0.717) is 23.7 Å². The maximum absolute atomic E-state index is 6.35. The number of allylic oxidation sites excluding steroid dienone is 1. The molecule has 0 radical (unpaired) electrons. The van der Waals surface area contributed by atoms with Crippen LogP contribution in [0.1, 0.15) is 25.8 Å². The molecule has 2 fully saturated rings. The zero-order chi connectivity index (χ0) is 22.4. The number of nitrogens with two attached hydrogens (primary N) is 1. The molecule has 3 aromatic heterocycles. The average Bonchev–Trinajstić information content (AvgIpc) is 3.52. The molecule has 4 heterocycles. The summed E-state index contributed by atoms with van der Waals surface area (Å²) < 4.78 is 4.22. The SMILES string of the molecule is CC=CN1CC2CC(n3nc(-c4ccc(-[n+]5ccccc5)cc4)c4c(N)ncnc43)CC2C1. The normalized spacial score (nSPS) is 22.5. The molecule has 0 spiro atoms. The van der Waals surface area contributed by atoms with Crippen LogP contribution in [0.15, 0.2) is 73.5 Å². The number of hydrogen-bond acceptors (Lipinski definition) is 5. The van der Waals surface area contributed by atoms with E-state index >= 15 is 0 Å². The summed E-state index contributed by atoms with van der Waals surface area (Å²) in [5.41, 5.74) is 10.2. The maximum Gasteiger partial charge on any atom is 0.210 e. The van der Waals surface area contributed by atoms with Crippen LogP contribution in [-0.2, 0) is 0 Å². The van der Waals surface area contributed by atoms with Gasteiger partial charge in [0.25, 0.3) is 0 Å². The van der Waals surface area contributed by atoms with Gasteiger partial charge in [-0.2, -0.15) is 9.67 Å². The first kappa shape index (κ1) is 19.9. The lowest BCUT2D eigenvalue weighted by atomic mass is 10.0. The molecule has 6 rings (SSSR count). The van der Waals surface area contributed by atoms with Crippen LogP contribution in [-0.4, -0.2) is 37.7 Å². The summed E-state index contributed by atoms with van der Waals surface area (Å²) in [6.07, 6.45) is 12.2. The Balaban J connectivity index is 1.35. The van der Waals surface area contributed by atoms with Gasteiger partial charge in [0.2, 0.25) is 5.69 Å². The van der Waals surface area contributed by atoms with Crippen molar-refractivity contribution in [1.29, 1.82) is 0 Å². The van der Waals surface area contributed by atoms with Gasteiger partial charge in [-0.3, -0.25) is 0 Å². The summed E-state index contributed by atoms with van der Waals surface area (Å²) in [5.74, 6) is 1.89. The van der Waals surface area contributed by atoms with Crippen LogP contribution in [0.2, 0.25) is 0 Å². The van der Waals surface area contributed by atoms with Gasteiger partial charge in [0.1, 0.15) is 17.8 Å². The van der Waals surface area contributed by atoms with Crippen LogP contribution in [0, 0.1) is 11.8 Å². The van der Waals surface area contributed by atoms with Crippen molar-refractivity contribution in [3.63, 3.8) is 0 Å². The van der Waals surface area contributed by atoms with Crippen molar-refractivity contribution >= 4 is 16.9 Å². The minimum Gasteiger partial charge on any atom is -0.383 e. The molecule has 2 atom stereocenters. The highest BCUT2D eigenvalue weighted by molar-refractivity contribution is 5.98. The van der Waals surface area contributed by atoms with E-state index in [2.05, 4.69) is 67.6 Å². The first-order valence-electron chi connectivity index (χ1n) is 11.6. The third-order valence-corrected chi connectivity index (χ3v) is 7.13. The lowest BCUT2D eigenvalue weighted by Gasteiger charge is -2.17. The van der Waals surface area contributed by atoms with Crippen LogP contribution in [0.25, 0.3) is 28.0 Å². The lowest BCUT2D eigenvalue weighted by Crippen LogP contribution is -2.28. The van der Waals surface area contributed by atoms with Crippen molar-refractivity contribution in [2.75, 3.05) is 18.8 Å². The van der Waals surface area contributed by atoms with E-state index in [1.807, 2.05) is 30.6 Å². The average molecular weight is 439 g/mol. The van der Waals surface area contributed by atoms with E-state index in [4.69, 9.17) is 10.8 Å². The van der Waals surface area contributed by atoms with E-state index in [1.165, 1.54) is 0 Å². The van der Waals surface area contributed by atoms with Crippen LogP contribution in [0.5, 0.6) is 0 Å². The van der Waals surface area contributed by atoms with Gasteiger partial charge in [-0.25, -0.2) is 14.6 Å². The first-order valence-corrected chi connectivity index (χ1v) is 11.6. The first-order chi connectivity index (χ1) is 16.2. The van der Waals surface area contributed by atoms with E-state index in [-0.39, 0.29) is 0 Å². The number of pyridine rings is 1. The minimum absolute atomic E-state index is 0.345. The number of hydrogen-bond donors (Lipinski definition) is 1. The predicted octanol–water partition coefficient (Wildman–Crippen LogP) is 3.77. The highest BCUT2D eigenvalue weighted by Gasteiger charge is 2.41. The highest BCUT2D eigenvalue weighted by Crippen LogP contribution is 2.45. The van der Waals surface area contributed by atoms with Gasteiger partial charge >= 0.3 is 0 Å². The molecule has 1 aliphatic carbocycles. The summed E-state index contributed by atoms with van der Waals surface area (Å²) in [5, 5.41) is 5.94. The highest BCUT2D eigenvalue weighted by atomic mass is 15.3. The molecule has 2 unspecified atom stereocenters. The Labute approximate surface area is 193 Å². The summed E-state index contributed by atoms with van der Waals surface area (Å²) in [6, 6.07) is 14.8. The van der Waals surface area contributed by atoms with Gasteiger partial charge < -0.3 is 10.6 Å². The summed E-state index contributed by atoms with van der Waals surface area (Å²) in [6.45, 7) is 4.35. The largest absolute Gasteiger partial charge is 0.383 e. The Morgan fingerprint density at radius 1 is 1.00 bits per heavy atom. The molecule has 7 heteroatoms. The fourth-order valence-corrected chi connectivity index (χ4v) is 5.65. The molecule has 2 aliphatic rings. The molecule has 1 saturated heterocycles. The van der Waals surface area contributed by atoms with Crippen LogP contribution in [0.4, 0.5) is 5.82 Å². The number of nitrogens with zero attached hydrogens (tertiary/aromatic N) is 6. The smallest absolute Gasteiger partial charge is 0.210 e. The van der Waals surface area contributed by atoms with Crippen molar-refractivity contribution in [1.82, 2.24) is 24.6 Å². The number of benzene rings is 1. The van der Waals surface area contributed by atoms with Gasteiger partial charge in [-0.15, -0.1) is 0 Å². The molecule has 0 bridgehead atoms. The summed E-state index contributed by atoms with van der Waals surface area (Å²) in [4.78, 5) is 11.4. The maximum atomic E-state index is 6.35. The summed E-state index contributed by atoms with van der Waals surface area (Å²) in [7, 11) is 0.